The van der Waals surface area contributed by atoms with E-state index in [-0.39, 0.29) is 11.3 Å². The number of amides is 1. The maximum Gasteiger partial charge on any atom is 0.234 e. The highest BCUT2D eigenvalue weighted by Crippen LogP contribution is 2.09. The number of hydrogen-bond acceptors (Lipinski definition) is 2. The Balaban J connectivity index is 3.48. The minimum atomic E-state index is -0.00910. The Morgan fingerprint density at radius 3 is 2.54 bits per heavy atom. The van der Waals surface area contributed by atoms with E-state index in [9.17, 15) is 4.79 Å². The van der Waals surface area contributed by atoms with Gasteiger partial charge in [-0.3, -0.25) is 10.1 Å². The molecule has 2 N–H and O–H groups in total. The molecular weight excluding hydrogens is 164 g/mol. The van der Waals surface area contributed by atoms with Crippen molar-refractivity contribution in [2.24, 2.45) is 5.41 Å². The molecule has 0 heterocycles. The Kier molecular flexibility index (Phi) is 5.17. The lowest BCUT2D eigenvalue weighted by molar-refractivity contribution is -0.120. The lowest BCUT2D eigenvalue weighted by Gasteiger charge is -2.18. The van der Waals surface area contributed by atoms with Gasteiger partial charge in [-0.2, -0.15) is 0 Å². The van der Waals surface area contributed by atoms with Crippen LogP contribution in [0.3, 0.4) is 0 Å². The van der Waals surface area contributed by atoms with Gasteiger partial charge in [0.25, 0.3) is 0 Å². The van der Waals surface area contributed by atoms with Gasteiger partial charge in [-0.05, 0) is 5.41 Å². The van der Waals surface area contributed by atoms with Crippen molar-refractivity contribution in [3.05, 3.63) is 0 Å². The minimum absolute atomic E-state index is 0.00910. The van der Waals surface area contributed by atoms with Gasteiger partial charge in [0.05, 0.1) is 13.1 Å². The summed E-state index contributed by atoms with van der Waals surface area (Å²) in [5, 5.41) is 5.63. The summed E-state index contributed by atoms with van der Waals surface area (Å²) in [5.74, 6) is 2.40. The van der Waals surface area contributed by atoms with E-state index in [2.05, 4.69) is 37.3 Å². The molecule has 0 aromatic heterocycles. The predicted octanol–water partition coefficient (Wildman–Crippen LogP) is 0.371. The lowest BCUT2D eigenvalue weighted by Crippen LogP contribution is -2.38. The zero-order valence-electron chi connectivity index (χ0n) is 8.61. The zero-order chi connectivity index (χ0) is 10.3. The van der Waals surface area contributed by atoms with Crippen molar-refractivity contribution >= 4 is 5.91 Å². The van der Waals surface area contributed by atoms with Gasteiger partial charge >= 0.3 is 0 Å². The summed E-state index contributed by atoms with van der Waals surface area (Å²) in [6.45, 7) is 7.62. The van der Waals surface area contributed by atoms with E-state index in [1.807, 2.05) is 0 Å². The second kappa shape index (κ2) is 5.60. The third-order valence-corrected chi connectivity index (χ3v) is 1.33. The van der Waals surface area contributed by atoms with E-state index >= 15 is 0 Å². The second-order valence-electron chi connectivity index (χ2n) is 4.15. The van der Waals surface area contributed by atoms with Crippen LogP contribution in [0.2, 0.25) is 0 Å². The fourth-order valence-electron chi connectivity index (χ4n) is 0.674. The van der Waals surface area contributed by atoms with Crippen LogP contribution >= 0.6 is 0 Å². The quantitative estimate of drug-likeness (QED) is 0.487. The van der Waals surface area contributed by atoms with Gasteiger partial charge in [0.2, 0.25) is 5.91 Å². The topological polar surface area (TPSA) is 41.1 Å². The Morgan fingerprint density at radius 2 is 2.08 bits per heavy atom. The van der Waals surface area contributed by atoms with E-state index in [4.69, 9.17) is 6.42 Å². The van der Waals surface area contributed by atoms with E-state index in [0.717, 1.165) is 0 Å². The van der Waals surface area contributed by atoms with Crippen molar-refractivity contribution in [1.29, 1.82) is 0 Å². The van der Waals surface area contributed by atoms with Gasteiger partial charge in [-0.25, -0.2) is 0 Å². The molecule has 0 rings (SSSR count). The molecule has 0 aromatic rings. The SMILES string of the molecule is C#CCNCC(=O)NCC(C)(C)C. The number of carbonyl (C=O) groups is 1. The van der Waals surface area contributed by atoms with Crippen LogP contribution in [-0.2, 0) is 4.79 Å². The molecule has 1 amide bonds. The Morgan fingerprint density at radius 1 is 1.46 bits per heavy atom. The molecule has 0 spiro atoms. The molecule has 74 valence electrons. The predicted molar refractivity (Wildman–Crippen MR) is 54.2 cm³/mol. The normalized spacial score (nSPS) is 10.6. The third-order valence-electron chi connectivity index (χ3n) is 1.33. The van der Waals surface area contributed by atoms with Crippen LogP contribution in [-0.4, -0.2) is 25.5 Å². The summed E-state index contributed by atoms with van der Waals surface area (Å²) in [7, 11) is 0. The van der Waals surface area contributed by atoms with E-state index in [0.29, 0.717) is 19.6 Å². The molecule has 0 aliphatic rings. The minimum Gasteiger partial charge on any atom is -0.354 e. The monoisotopic (exact) mass is 182 g/mol. The van der Waals surface area contributed by atoms with Crippen LogP contribution in [0.4, 0.5) is 0 Å². The number of terminal acetylenes is 1. The smallest absolute Gasteiger partial charge is 0.234 e. The standard InChI is InChI=1S/C10H18N2O/c1-5-6-11-7-9(13)12-8-10(2,3)4/h1,11H,6-8H2,2-4H3,(H,12,13). The fraction of sp³-hybridized carbons (Fsp3) is 0.700. The van der Waals surface area contributed by atoms with Crippen molar-refractivity contribution in [1.82, 2.24) is 10.6 Å². The Labute approximate surface area is 80.3 Å². The first-order valence-corrected chi connectivity index (χ1v) is 4.36. The first kappa shape index (κ1) is 12.0. The van der Waals surface area contributed by atoms with Crippen LogP contribution in [0.15, 0.2) is 0 Å². The summed E-state index contributed by atoms with van der Waals surface area (Å²) >= 11 is 0. The van der Waals surface area contributed by atoms with Gasteiger partial charge in [0.1, 0.15) is 0 Å². The molecule has 0 saturated heterocycles. The molecule has 0 saturated carbocycles. The van der Waals surface area contributed by atoms with Gasteiger partial charge in [0, 0.05) is 6.54 Å². The highest BCUT2D eigenvalue weighted by Gasteiger charge is 2.10. The first-order chi connectivity index (χ1) is 5.95. The maximum atomic E-state index is 11.1. The Hall–Kier alpha value is -1.01. The summed E-state index contributed by atoms with van der Waals surface area (Å²) in [5.41, 5.74) is 0.127. The summed E-state index contributed by atoms with van der Waals surface area (Å²) in [4.78, 5) is 11.1. The highest BCUT2D eigenvalue weighted by atomic mass is 16.1. The van der Waals surface area contributed by atoms with Crippen molar-refractivity contribution in [3.63, 3.8) is 0 Å². The lowest BCUT2D eigenvalue weighted by atomic mass is 9.97. The number of rotatable bonds is 4. The van der Waals surface area contributed by atoms with E-state index < -0.39 is 0 Å². The highest BCUT2D eigenvalue weighted by molar-refractivity contribution is 5.78. The van der Waals surface area contributed by atoms with Gasteiger partial charge in [-0.1, -0.05) is 26.7 Å². The molecular formula is C10H18N2O. The van der Waals surface area contributed by atoms with E-state index in [1.165, 1.54) is 0 Å². The number of carbonyl (C=O) groups excluding carboxylic acids is 1. The molecule has 3 heteroatoms. The molecule has 0 atom stereocenters. The molecule has 0 fully saturated rings. The molecule has 13 heavy (non-hydrogen) atoms. The van der Waals surface area contributed by atoms with Crippen LogP contribution < -0.4 is 10.6 Å². The summed E-state index contributed by atoms with van der Waals surface area (Å²) < 4.78 is 0. The average Bonchev–Trinajstić information content (AvgIpc) is 2.00. The van der Waals surface area contributed by atoms with Crippen LogP contribution in [0.1, 0.15) is 20.8 Å². The molecule has 0 aromatic carbocycles. The largest absolute Gasteiger partial charge is 0.354 e. The average molecular weight is 182 g/mol. The first-order valence-electron chi connectivity index (χ1n) is 4.36. The van der Waals surface area contributed by atoms with Crippen molar-refractivity contribution in [2.75, 3.05) is 19.6 Å². The van der Waals surface area contributed by atoms with Gasteiger partial charge < -0.3 is 5.32 Å². The molecule has 0 bridgehead atoms. The molecule has 0 aliphatic heterocycles. The third kappa shape index (κ3) is 8.90. The van der Waals surface area contributed by atoms with Gasteiger partial charge in [0.15, 0.2) is 0 Å². The zero-order valence-corrected chi connectivity index (χ0v) is 8.61. The van der Waals surface area contributed by atoms with Crippen molar-refractivity contribution in [2.45, 2.75) is 20.8 Å². The maximum absolute atomic E-state index is 11.1. The van der Waals surface area contributed by atoms with E-state index in [1.54, 1.807) is 0 Å². The van der Waals surface area contributed by atoms with Crippen molar-refractivity contribution in [3.8, 4) is 12.3 Å². The molecule has 0 aliphatic carbocycles. The number of nitrogens with one attached hydrogen (secondary N) is 2. The Bertz CT molecular complexity index is 198. The van der Waals surface area contributed by atoms with Crippen LogP contribution in [0.25, 0.3) is 0 Å². The van der Waals surface area contributed by atoms with Crippen LogP contribution in [0.5, 0.6) is 0 Å². The summed E-state index contributed by atoms with van der Waals surface area (Å²) in [6, 6.07) is 0. The fourth-order valence-corrected chi connectivity index (χ4v) is 0.674. The second-order valence-corrected chi connectivity index (χ2v) is 4.15. The summed E-state index contributed by atoms with van der Waals surface area (Å²) in [6.07, 6.45) is 5.01. The molecule has 3 nitrogen and oxygen atoms in total. The molecule has 0 radical (unpaired) electrons. The number of hydrogen-bond donors (Lipinski definition) is 2. The van der Waals surface area contributed by atoms with Crippen molar-refractivity contribution < 1.29 is 4.79 Å². The molecule has 0 unspecified atom stereocenters. The van der Waals surface area contributed by atoms with Crippen LogP contribution in [0, 0.1) is 17.8 Å². The van der Waals surface area contributed by atoms with Gasteiger partial charge in [-0.15, -0.1) is 6.42 Å².